The molecule has 5 heteroatoms. The third-order valence-electron chi connectivity index (χ3n) is 2.53. The van der Waals surface area contributed by atoms with Gasteiger partial charge in [-0.05, 0) is 31.0 Å². The van der Waals surface area contributed by atoms with Gasteiger partial charge < -0.3 is 4.74 Å². The average molecular weight is 283 g/mol. The zero-order valence-electron chi connectivity index (χ0n) is 11.5. The van der Waals surface area contributed by atoms with Gasteiger partial charge in [0.1, 0.15) is 0 Å². The predicted octanol–water partition coefficient (Wildman–Crippen LogP) is 2.12. The van der Waals surface area contributed by atoms with Crippen molar-refractivity contribution in [1.82, 2.24) is 4.72 Å². The number of sulfonamides is 1. The smallest absolute Gasteiger partial charge is 0.240 e. The van der Waals surface area contributed by atoms with E-state index in [0.717, 1.165) is 17.6 Å². The van der Waals surface area contributed by atoms with Crippen LogP contribution in [-0.4, -0.2) is 28.2 Å². The van der Waals surface area contributed by atoms with Gasteiger partial charge in [0.2, 0.25) is 10.0 Å². The van der Waals surface area contributed by atoms with Gasteiger partial charge in [-0.2, -0.15) is 0 Å². The first kappa shape index (κ1) is 15.9. The fourth-order valence-corrected chi connectivity index (χ4v) is 2.50. The van der Waals surface area contributed by atoms with E-state index in [2.05, 4.69) is 11.3 Å². The largest absolute Gasteiger partial charge is 0.376 e. The summed E-state index contributed by atoms with van der Waals surface area (Å²) in [5.74, 6) is 0. The minimum atomic E-state index is -3.44. The van der Waals surface area contributed by atoms with Crippen molar-refractivity contribution in [3.63, 3.8) is 0 Å². The van der Waals surface area contributed by atoms with Gasteiger partial charge in [0, 0.05) is 6.54 Å². The van der Waals surface area contributed by atoms with Crippen LogP contribution in [0.3, 0.4) is 0 Å². The maximum absolute atomic E-state index is 11.9. The molecular formula is C14H21NO3S. The fraction of sp³-hybridized carbons (Fsp3) is 0.429. The Morgan fingerprint density at radius 3 is 2.47 bits per heavy atom. The number of hydrogen-bond acceptors (Lipinski definition) is 3. The molecule has 0 aliphatic rings. The monoisotopic (exact) mass is 283 g/mol. The molecule has 1 aromatic rings. The Morgan fingerprint density at radius 1 is 1.32 bits per heavy atom. The molecule has 0 saturated heterocycles. The van der Waals surface area contributed by atoms with E-state index in [-0.39, 0.29) is 11.4 Å². The van der Waals surface area contributed by atoms with E-state index < -0.39 is 10.0 Å². The molecule has 0 spiro atoms. The summed E-state index contributed by atoms with van der Waals surface area (Å²) in [6.07, 6.45) is 0.891. The Balaban J connectivity index is 2.48. The minimum Gasteiger partial charge on any atom is -0.376 e. The lowest BCUT2D eigenvalue weighted by Gasteiger charge is -2.08. The van der Waals surface area contributed by atoms with Crippen LogP contribution in [0.1, 0.15) is 19.4 Å². The summed E-state index contributed by atoms with van der Waals surface area (Å²) in [6.45, 7) is 8.63. The van der Waals surface area contributed by atoms with Crippen molar-refractivity contribution in [2.24, 2.45) is 0 Å². The van der Waals surface area contributed by atoms with Gasteiger partial charge in [-0.15, -0.1) is 0 Å². The zero-order valence-corrected chi connectivity index (χ0v) is 12.3. The van der Waals surface area contributed by atoms with Crippen molar-refractivity contribution in [3.05, 3.63) is 42.0 Å². The third-order valence-corrected chi connectivity index (χ3v) is 4.01. The SMILES string of the molecule is C=C(C)COCCNS(=O)(=O)c1ccc(CC)cc1. The second-order valence-corrected chi connectivity index (χ2v) is 6.17. The molecule has 0 saturated carbocycles. The standard InChI is InChI=1S/C14H21NO3S/c1-4-13-5-7-14(8-6-13)19(16,17)15-9-10-18-11-12(2)3/h5-8,15H,2,4,9-11H2,1,3H3. The highest BCUT2D eigenvalue weighted by Crippen LogP contribution is 2.10. The van der Waals surface area contributed by atoms with Crippen molar-refractivity contribution >= 4 is 10.0 Å². The second kappa shape index (κ2) is 7.43. The molecule has 0 fully saturated rings. The lowest BCUT2D eigenvalue weighted by atomic mass is 10.2. The van der Waals surface area contributed by atoms with Crippen LogP contribution >= 0.6 is 0 Å². The van der Waals surface area contributed by atoms with Gasteiger partial charge in [0.05, 0.1) is 18.1 Å². The summed E-state index contributed by atoms with van der Waals surface area (Å²) >= 11 is 0. The molecule has 0 aliphatic heterocycles. The summed E-state index contributed by atoms with van der Waals surface area (Å²) < 4.78 is 31.6. The lowest BCUT2D eigenvalue weighted by Crippen LogP contribution is -2.27. The van der Waals surface area contributed by atoms with Gasteiger partial charge in [0.25, 0.3) is 0 Å². The number of nitrogens with one attached hydrogen (secondary N) is 1. The van der Waals surface area contributed by atoms with Crippen molar-refractivity contribution in [3.8, 4) is 0 Å². The van der Waals surface area contributed by atoms with Crippen LogP contribution in [0.4, 0.5) is 0 Å². The molecule has 0 radical (unpaired) electrons. The van der Waals surface area contributed by atoms with Crippen LogP contribution in [0.15, 0.2) is 41.3 Å². The molecule has 0 heterocycles. The summed E-state index contributed by atoms with van der Waals surface area (Å²) in [5.41, 5.74) is 2.03. The van der Waals surface area contributed by atoms with Crippen molar-refractivity contribution in [2.75, 3.05) is 19.8 Å². The molecule has 19 heavy (non-hydrogen) atoms. The molecule has 1 aromatic carbocycles. The van der Waals surface area contributed by atoms with E-state index in [1.165, 1.54) is 0 Å². The normalized spacial score (nSPS) is 11.5. The number of aryl methyl sites for hydroxylation is 1. The highest BCUT2D eigenvalue weighted by atomic mass is 32.2. The van der Waals surface area contributed by atoms with Crippen molar-refractivity contribution in [1.29, 1.82) is 0 Å². The summed E-state index contributed by atoms with van der Waals surface area (Å²) in [6, 6.07) is 6.89. The number of benzene rings is 1. The van der Waals surface area contributed by atoms with E-state index in [9.17, 15) is 8.42 Å². The molecule has 0 unspecified atom stereocenters. The first-order valence-electron chi connectivity index (χ1n) is 6.26. The molecule has 1 rings (SSSR count). The van der Waals surface area contributed by atoms with E-state index in [4.69, 9.17) is 4.74 Å². The Morgan fingerprint density at radius 2 is 1.95 bits per heavy atom. The van der Waals surface area contributed by atoms with Crippen LogP contribution in [0.5, 0.6) is 0 Å². The Hall–Kier alpha value is -1.17. The van der Waals surface area contributed by atoms with E-state index in [1.807, 2.05) is 26.0 Å². The maximum Gasteiger partial charge on any atom is 0.240 e. The molecule has 0 aromatic heterocycles. The molecule has 1 N–H and O–H groups in total. The van der Waals surface area contributed by atoms with Crippen LogP contribution in [0.2, 0.25) is 0 Å². The van der Waals surface area contributed by atoms with Crippen molar-refractivity contribution < 1.29 is 13.2 Å². The quantitative estimate of drug-likeness (QED) is 0.587. The molecule has 4 nitrogen and oxygen atoms in total. The topological polar surface area (TPSA) is 55.4 Å². The average Bonchev–Trinajstić information content (AvgIpc) is 2.38. The summed E-state index contributed by atoms with van der Waals surface area (Å²) in [4.78, 5) is 0.282. The fourth-order valence-electron chi connectivity index (χ4n) is 1.48. The van der Waals surface area contributed by atoms with Gasteiger partial charge in [-0.25, -0.2) is 13.1 Å². The molecule has 0 aliphatic carbocycles. The number of rotatable bonds is 8. The van der Waals surface area contributed by atoms with Gasteiger partial charge in [-0.1, -0.05) is 31.2 Å². The molecule has 106 valence electrons. The van der Waals surface area contributed by atoms with E-state index >= 15 is 0 Å². The Labute approximate surface area is 115 Å². The summed E-state index contributed by atoms with van der Waals surface area (Å²) in [7, 11) is -3.44. The first-order valence-corrected chi connectivity index (χ1v) is 7.74. The van der Waals surface area contributed by atoms with Gasteiger partial charge in [0.15, 0.2) is 0 Å². The number of hydrogen-bond donors (Lipinski definition) is 1. The second-order valence-electron chi connectivity index (χ2n) is 4.40. The predicted molar refractivity (Wildman–Crippen MR) is 76.6 cm³/mol. The Bertz CT molecular complexity index is 506. The molecule has 0 amide bonds. The van der Waals surface area contributed by atoms with Crippen LogP contribution < -0.4 is 4.72 Å². The highest BCUT2D eigenvalue weighted by molar-refractivity contribution is 7.89. The third kappa shape index (κ3) is 5.55. The van der Waals surface area contributed by atoms with Gasteiger partial charge >= 0.3 is 0 Å². The Kier molecular flexibility index (Phi) is 6.21. The van der Waals surface area contributed by atoms with Crippen LogP contribution in [-0.2, 0) is 21.2 Å². The minimum absolute atomic E-state index is 0.255. The van der Waals surface area contributed by atoms with E-state index in [1.54, 1.807) is 12.1 Å². The molecule has 0 bridgehead atoms. The zero-order chi connectivity index (χ0) is 14.3. The summed E-state index contributed by atoms with van der Waals surface area (Å²) in [5, 5.41) is 0. The first-order chi connectivity index (χ1) is 8.95. The number of ether oxygens (including phenoxy) is 1. The van der Waals surface area contributed by atoms with E-state index in [0.29, 0.717) is 13.2 Å². The maximum atomic E-state index is 11.9. The van der Waals surface area contributed by atoms with Gasteiger partial charge in [-0.3, -0.25) is 0 Å². The van der Waals surface area contributed by atoms with Crippen LogP contribution in [0, 0.1) is 0 Å². The lowest BCUT2D eigenvalue weighted by molar-refractivity contribution is 0.162. The molecular weight excluding hydrogens is 262 g/mol. The van der Waals surface area contributed by atoms with Crippen molar-refractivity contribution in [2.45, 2.75) is 25.2 Å². The van der Waals surface area contributed by atoms with Crippen LogP contribution in [0.25, 0.3) is 0 Å². The molecule has 0 atom stereocenters. The highest BCUT2D eigenvalue weighted by Gasteiger charge is 2.12.